The van der Waals surface area contributed by atoms with Crippen molar-refractivity contribution in [1.29, 1.82) is 0 Å². The minimum Gasteiger partial charge on any atom is -0.482 e. The molecule has 1 aliphatic heterocycles. The van der Waals surface area contributed by atoms with Crippen LogP contribution in [0.5, 0.6) is 5.75 Å². The van der Waals surface area contributed by atoms with Crippen LogP contribution < -0.4 is 10.1 Å². The van der Waals surface area contributed by atoms with E-state index in [9.17, 15) is 13.2 Å². The summed E-state index contributed by atoms with van der Waals surface area (Å²) in [6.45, 7) is 0.266. The summed E-state index contributed by atoms with van der Waals surface area (Å²) >= 11 is 5.89. The maximum absolute atomic E-state index is 13.1. The third kappa shape index (κ3) is 2.78. The highest BCUT2D eigenvalue weighted by atomic mass is 35.5. The van der Waals surface area contributed by atoms with Gasteiger partial charge >= 0.3 is 6.18 Å². The van der Waals surface area contributed by atoms with E-state index in [2.05, 4.69) is 5.32 Å². The van der Waals surface area contributed by atoms with Gasteiger partial charge < -0.3 is 10.1 Å². The topological polar surface area (TPSA) is 21.3 Å². The molecular weight excluding hydrogens is 303 g/mol. The largest absolute Gasteiger partial charge is 0.482 e. The van der Waals surface area contributed by atoms with Gasteiger partial charge in [0.15, 0.2) is 0 Å². The van der Waals surface area contributed by atoms with Crippen LogP contribution in [0, 0.1) is 0 Å². The second kappa shape index (κ2) is 5.15. The third-order valence-electron chi connectivity index (χ3n) is 3.30. The van der Waals surface area contributed by atoms with Gasteiger partial charge in [0.25, 0.3) is 0 Å². The van der Waals surface area contributed by atoms with E-state index >= 15 is 0 Å². The molecule has 0 radical (unpaired) electrons. The van der Waals surface area contributed by atoms with Crippen LogP contribution in [0.15, 0.2) is 42.5 Å². The Morgan fingerprint density at radius 2 is 1.90 bits per heavy atom. The highest BCUT2D eigenvalue weighted by Gasteiger charge is 2.36. The predicted octanol–water partition coefficient (Wildman–Crippen LogP) is 4.90. The van der Waals surface area contributed by atoms with Gasteiger partial charge in [-0.1, -0.05) is 29.8 Å². The molecule has 21 heavy (non-hydrogen) atoms. The van der Waals surface area contributed by atoms with E-state index in [1.54, 1.807) is 24.3 Å². The number of hydrogen-bond donors (Lipinski definition) is 1. The first-order chi connectivity index (χ1) is 9.95. The molecule has 1 atom stereocenters. The van der Waals surface area contributed by atoms with E-state index in [0.29, 0.717) is 10.8 Å². The molecular formula is C15H11ClF3NO. The van der Waals surface area contributed by atoms with Crippen LogP contribution in [0.25, 0.3) is 0 Å². The summed E-state index contributed by atoms with van der Waals surface area (Å²) < 4.78 is 44.9. The number of rotatable bonds is 1. The first-order valence-corrected chi connectivity index (χ1v) is 6.69. The molecule has 1 N–H and O–H groups in total. The van der Waals surface area contributed by atoms with E-state index in [-0.39, 0.29) is 12.1 Å². The third-order valence-corrected chi connectivity index (χ3v) is 3.54. The van der Waals surface area contributed by atoms with Gasteiger partial charge in [-0.25, -0.2) is 0 Å². The Morgan fingerprint density at radius 3 is 2.67 bits per heavy atom. The molecule has 2 aromatic rings. The Bertz CT molecular complexity index is 672. The molecule has 2 nitrogen and oxygen atoms in total. The monoisotopic (exact) mass is 313 g/mol. The lowest BCUT2D eigenvalue weighted by molar-refractivity contribution is -0.139. The van der Waals surface area contributed by atoms with E-state index < -0.39 is 17.8 Å². The Morgan fingerprint density at radius 1 is 1.14 bits per heavy atom. The molecule has 0 amide bonds. The average molecular weight is 314 g/mol. The maximum Gasteiger partial charge on any atom is 0.416 e. The molecule has 1 aliphatic rings. The van der Waals surface area contributed by atoms with Crippen LogP contribution in [-0.2, 0) is 6.18 Å². The minimum atomic E-state index is -4.41. The zero-order valence-corrected chi connectivity index (χ0v) is 11.5. The number of benzene rings is 2. The molecule has 1 heterocycles. The van der Waals surface area contributed by atoms with Crippen LogP contribution in [0.1, 0.15) is 17.2 Å². The van der Waals surface area contributed by atoms with Gasteiger partial charge in [0, 0.05) is 16.7 Å². The van der Waals surface area contributed by atoms with E-state index in [4.69, 9.17) is 16.3 Å². The van der Waals surface area contributed by atoms with Crippen LogP contribution in [0.3, 0.4) is 0 Å². The van der Waals surface area contributed by atoms with Crippen molar-refractivity contribution in [3.8, 4) is 5.75 Å². The van der Waals surface area contributed by atoms with Gasteiger partial charge in [-0.3, -0.25) is 0 Å². The number of nitrogens with one attached hydrogen (secondary N) is 1. The summed E-state index contributed by atoms with van der Waals surface area (Å²) in [6, 6.07) is 10.5. The fraction of sp³-hybridized carbons (Fsp3) is 0.200. The first kappa shape index (κ1) is 14.1. The highest BCUT2D eigenvalue weighted by Crippen LogP contribution is 2.40. The SMILES string of the molecule is FC(F)(F)c1ccccc1C1CNc2ccc(Cl)cc2O1. The lowest BCUT2D eigenvalue weighted by atomic mass is 10.0. The second-order valence-corrected chi connectivity index (χ2v) is 5.15. The highest BCUT2D eigenvalue weighted by molar-refractivity contribution is 6.30. The lowest BCUT2D eigenvalue weighted by Gasteiger charge is -2.29. The fourth-order valence-electron chi connectivity index (χ4n) is 2.35. The van der Waals surface area contributed by atoms with Gasteiger partial charge in [-0.05, 0) is 18.2 Å². The van der Waals surface area contributed by atoms with Crippen molar-refractivity contribution in [2.75, 3.05) is 11.9 Å². The molecule has 0 saturated heterocycles. The summed E-state index contributed by atoms with van der Waals surface area (Å²) in [4.78, 5) is 0. The van der Waals surface area contributed by atoms with Crippen LogP contribution in [0.2, 0.25) is 5.02 Å². The smallest absolute Gasteiger partial charge is 0.416 e. The standard InChI is InChI=1S/C15H11ClF3NO/c16-9-5-6-12-13(7-9)21-14(8-20-12)10-3-1-2-4-11(10)15(17,18)19/h1-7,14,20H,8H2. The van der Waals surface area contributed by atoms with Crippen molar-refractivity contribution in [2.45, 2.75) is 12.3 Å². The number of hydrogen-bond acceptors (Lipinski definition) is 2. The van der Waals surface area contributed by atoms with Crippen LogP contribution in [-0.4, -0.2) is 6.54 Å². The van der Waals surface area contributed by atoms with Gasteiger partial charge in [0.2, 0.25) is 0 Å². The average Bonchev–Trinajstić information content (AvgIpc) is 2.45. The molecule has 0 saturated carbocycles. The lowest BCUT2D eigenvalue weighted by Crippen LogP contribution is -2.26. The minimum absolute atomic E-state index is 0.114. The van der Waals surface area contributed by atoms with Crippen molar-refractivity contribution < 1.29 is 17.9 Å². The van der Waals surface area contributed by atoms with Crippen molar-refractivity contribution >= 4 is 17.3 Å². The van der Waals surface area contributed by atoms with Gasteiger partial charge in [0.05, 0.1) is 17.8 Å². The second-order valence-electron chi connectivity index (χ2n) is 4.71. The Balaban J connectivity index is 1.97. The van der Waals surface area contributed by atoms with Gasteiger partial charge in [0.1, 0.15) is 11.9 Å². The molecule has 0 bridgehead atoms. The number of alkyl halides is 3. The Hall–Kier alpha value is -1.88. The van der Waals surface area contributed by atoms with Gasteiger partial charge in [-0.2, -0.15) is 13.2 Å². The Kier molecular flexibility index (Phi) is 3.45. The van der Waals surface area contributed by atoms with E-state index in [1.807, 2.05) is 0 Å². The number of ether oxygens (including phenoxy) is 1. The molecule has 2 aromatic carbocycles. The van der Waals surface area contributed by atoms with Crippen molar-refractivity contribution in [2.24, 2.45) is 0 Å². The molecule has 1 unspecified atom stereocenters. The number of halogens is 4. The Labute approximate surface area is 124 Å². The molecule has 6 heteroatoms. The van der Waals surface area contributed by atoms with Crippen molar-refractivity contribution in [1.82, 2.24) is 0 Å². The van der Waals surface area contributed by atoms with Crippen molar-refractivity contribution in [3.05, 3.63) is 58.6 Å². The molecule has 0 aromatic heterocycles. The predicted molar refractivity (Wildman–Crippen MR) is 74.8 cm³/mol. The quantitative estimate of drug-likeness (QED) is 0.808. The van der Waals surface area contributed by atoms with E-state index in [0.717, 1.165) is 11.8 Å². The number of anilines is 1. The summed E-state index contributed by atoms with van der Waals surface area (Å²) in [5.41, 5.74) is 0.158. The van der Waals surface area contributed by atoms with Gasteiger partial charge in [-0.15, -0.1) is 0 Å². The summed E-state index contributed by atoms with van der Waals surface area (Å²) in [7, 11) is 0. The van der Waals surface area contributed by atoms with Crippen LogP contribution in [0.4, 0.5) is 18.9 Å². The summed E-state index contributed by atoms with van der Waals surface area (Å²) in [5.74, 6) is 0.454. The number of fused-ring (bicyclic) bond motifs is 1. The summed E-state index contributed by atoms with van der Waals surface area (Å²) in [6.07, 6.45) is -5.12. The maximum atomic E-state index is 13.1. The van der Waals surface area contributed by atoms with Crippen molar-refractivity contribution in [3.63, 3.8) is 0 Å². The molecule has 110 valence electrons. The van der Waals surface area contributed by atoms with E-state index in [1.165, 1.54) is 12.1 Å². The normalized spacial score (nSPS) is 17.6. The summed E-state index contributed by atoms with van der Waals surface area (Å²) in [5, 5.41) is 3.54. The first-order valence-electron chi connectivity index (χ1n) is 6.31. The fourth-order valence-corrected chi connectivity index (χ4v) is 2.51. The molecule has 0 fully saturated rings. The molecule has 3 rings (SSSR count). The zero-order chi connectivity index (χ0) is 15.0. The van der Waals surface area contributed by atoms with Crippen LogP contribution >= 0.6 is 11.6 Å². The zero-order valence-electron chi connectivity index (χ0n) is 10.7. The molecule has 0 spiro atoms. The molecule has 0 aliphatic carbocycles.